The topological polar surface area (TPSA) is 64.0 Å². The number of aromatic nitrogens is 2. The van der Waals surface area contributed by atoms with E-state index >= 15 is 0 Å². The number of fused-ring (bicyclic) bond motifs is 1. The summed E-state index contributed by atoms with van der Waals surface area (Å²) >= 11 is 7.76. The number of nitrogens with one attached hydrogen (secondary N) is 1. The van der Waals surface area contributed by atoms with Crippen molar-refractivity contribution in [3.63, 3.8) is 0 Å². The molecular formula is C24H26ClN3O2S. The normalized spacial score (nSPS) is 14.6. The van der Waals surface area contributed by atoms with Crippen molar-refractivity contribution in [2.24, 2.45) is 0 Å². The molecule has 4 rings (SSSR count). The SMILES string of the molecule is O=C(CCn1c(SCc2ccccc2Cl)nc2ccccc2c1=O)NC1CCCCC1. The number of nitrogens with zero attached hydrogens (tertiary/aromatic N) is 2. The van der Waals surface area contributed by atoms with Crippen LogP contribution in [-0.4, -0.2) is 21.5 Å². The van der Waals surface area contributed by atoms with Crippen molar-refractivity contribution in [2.75, 3.05) is 0 Å². The van der Waals surface area contributed by atoms with Crippen LogP contribution in [0.3, 0.4) is 0 Å². The summed E-state index contributed by atoms with van der Waals surface area (Å²) in [4.78, 5) is 30.4. The Labute approximate surface area is 191 Å². The van der Waals surface area contributed by atoms with Crippen molar-refractivity contribution in [3.8, 4) is 0 Å². The minimum atomic E-state index is -0.113. The fraction of sp³-hybridized carbons (Fsp3) is 0.375. The summed E-state index contributed by atoms with van der Waals surface area (Å²) in [7, 11) is 0. The van der Waals surface area contributed by atoms with Gasteiger partial charge in [-0.05, 0) is 36.6 Å². The van der Waals surface area contributed by atoms with Crippen molar-refractivity contribution in [3.05, 3.63) is 69.5 Å². The lowest BCUT2D eigenvalue weighted by molar-refractivity contribution is -0.122. The van der Waals surface area contributed by atoms with E-state index in [9.17, 15) is 9.59 Å². The third-order valence-electron chi connectivity index (χ3n) is 5.67. The second-order valence-electron chi connectivity index (χ2n) is 7.90. The van der Waals surface area contributed by atoms with Gasteiger partial charge in [0.15, 0.2) is 5.16 Å². The Morgan fingerprint density at radius 1 is 1.10 bits per heavy atom. The monoisotopic (exact) mass is 455 g/mol. The first-order chi connectivity index (χ1) is 15.1. The number of rotatable bonds is 7. The maximum Gasteiger partial charge on any atom is 0.262 e. The number of hydrogen-bond donors (Lipinski definition) is 1. The minimum absolute atomic E-state index is 0.00554. The lowest BCUT2D eigenvalue weighted by Gasteiger charge is -2.23. The Morgan fingerprint density at radius 2 is 1.84 bits per heavy atom. The molecule has 31 heavy (non-hydrogen) atoms. The number of hydrogen-bond acceptors (Lipinski definition) is 4. The molecule has 0 radical (unpaired) electrons. The number of benzene rings is 2. The summed E-state index contributed by atoms with van der Waals surface area (Å²) in [6, 6.07) is 15.3. The summed E-state index contributed by atoms with van der Waals surface area (Å²) in [6.07, 6.45) is 5.93. The van der Waals surface area contributed by atoms with Gasteiger partial charge in [0.2, 0.25) is 5.91 Å². The molecule has 1 aliphatic rings. The van der Waals surface area contributed by atoms with E-state index < -0.39 is 0 Å². The van der Waals surface area contributed by atoms with Gasteiger partial charge in [-0.2, -0.15) is 0 Å². The molecule has 3 aromatic rings. The predicted octanol–water partition coefficient (Wildman–Crippen LogP) is 5.18. The summed E-state index contributed by atoms with van der Waals surface area (Å²) in [5.41, 5.74) is 1.54. The van der Waals surface area contributed by atoms with Crippen molar-refractivity contribution in [2.45, 2.75) is 62.0 Å². The summed E-state index contributed by atoms with van der Waals surface area (Å²) in [5.74, 6) is 0.590. The van der Waals surface area contributed by atoms with E-state index in [2.05, 4.69) is 5.32 Å². The van der Waals surface area contributed by atoms with Crippen molar-refractivity contribution in [1.82, 2.24) is 14.9 Å². The number of amides is 1. The van der Waals surface area contributed by atoms with Crippen molar-refractivity contribution in [1.29, 1.82) is 0 Å². The van der Waals surface area contributed by atoms with E-state index in [1.165, 1.54) is 31.0 Å². The smallest absolute Gasteiger partial charge is 0.262 e. The molecule has 5 nitrogen and oxygen atoms in total. The van der Waals surface area contributed by atoms with Gasteiger partial charge >= 0.3 is 0 Å². The highest BCUT2D eigenvalue weighted by Crippen LogP contribution is 2.26. The Bertz CT molecular complexity index is 1130. The van der Waals surface area contributed by atoms with E-state index in [-0.39, 0.29) is 23.9 Å². The number of carbonyl (C=O) groups is 1. The fourth-order valence-electron chi connectivity index (χ4n) is 3.97. The number of thioether (sulfide) groups is 1. The molecule has 1 aliphatic carbocycles. The highest BCUT2D eigenvalue weighted by Gasteiger charge is 2.17. The zero-order valence-corrected chi connectivity index (χ0v) is 18.9. The Kier molecular flexibility index (Phi) is 7.30. The van der Waals surface area contributed by atoms with Gasteiger partial charge in [-0.15, -0.1) is 0 Å². The molecule has 1 saturated carbocycles. The van der Waals surface area contributed by atoms with Crippen LogP contribution in [-0.2, 0) is 17.1 Å². The molecule has 0 spiro atoms. The van der Waals surface area contributed by atoms with Crippen molar-refractivity contribution >= 4 is 40.2 Å². The molecule has 7 heteroatoms. The highest BCUT2D eigenvalue weighted by molar-refractivity contribution is 7.98. The Morgan fingerprint density at radius 3 is 2.65 bits per heavy atom. The van der Waals surface area contributed by atoms with E-state index in [0.29, 0.717) is 33.4 Å². The molecule has 0 atom stereocenters. The van der Waals surface area contributed by atoms with Crippen molar-refractivity contribution < 1.29 is 4.79 Å². The molecule has 1 heterocycles. The molecule has 2 aromatic carbocycles. The van der Waals surface area contributed by atoms with Crippen LogP contribution >= 0.6 is 23.4 Å². The van der Waals surface area contributed by atoms with E-state index in [1.807, 2.05) is 42.5 Å². The summed E-state index contributed by atoms with van der Waals surface area (Å²) < 4.78 is 1.63. The number of carbonyl (C=O) groups excluding carboxylic acids is 1. The highest BCUT2D eigenvalue weighted by atomic mass is 35.5. The predicted molar refractivity (Wildman–Crippen MR) is 127 cm³/mol. The average Bonchev–Trinajstić information content (AvgIpc) is 2.79. The van der Waals surface area contributed by atoms with Crippen LogP contribution in [0, 0.1) is 0 Å². The minimum Gasteiger partial charge on any atom is -0.353 e. The standard InChI is InChI=1S/C24H26ClN3O2S/c25-20-12-6-4-8-17(20)16-31-24-27-21-13-7-5-11-19(21)23(30)28(24)15-14-22(29)26-18-9-2-1-3-10-18/h4-8,11-13,18H,1-3,9-10,14-16H2,(H,26,29). The molecule has 1 fully saturated rings. The molecule has 1 amide bonds. The third kappa shape index (κ3) is 5.49. The van der Waals surface area contributed by atoms with Crippen LogP contribution in [0.25, 0.3) is 10.9 Å². The van der Waals surface area contributed by atoms with Crippen LogP contribution in [0.5, 0.6) is 0 Å². The Balaban J connectivity index is 1.54. The fourth-order valence-corrected chi connectivity index (χ4v) is 5.28. The largest absolute Gasteiger partial charge is 0.353 e. The van der Waals surface area contributed by atoms with Gasteiger partial charge in [0.25, 0.3) is 5.56 Å². The summed E-state index contributed by atoms with van der Waals surface area (Å²) in [5, 5.41) is 5.00. The second-order valence-corrected chi connectivity index (χ2v) is 9.25. The van der Waals surface area contributed by atoms with Gasteiger partial charge in [0.05, 0.1) is 10.9 Å². The van der Waals surface area contributed by atoms with E-state index in [1.54, 1.807) is 10.6 Å². The maximum absolute atomic E-state index is 13.2. The molecule has 0 unspecified atom stereocenters. The average molecular weight is 456 g/mol. The van der Waals surface area contributed by atoms with Crippen LogP contribution in [0.4, 0.5) is 0 Å². The van der Waals surface area contributed by atoms with Crippen LogP contribution in [0.1, 0.15) is 44.1 Å². The molecule has 0 bridgehead atoms. The maximum atomic E-state index is 13.2. The lowest BCUT2D eigenvalue weighted by atomic mass is 9.95. The Hall–Kier alpha value is -2.31. The van der Waals surface area contributed by atoms with Crippen LogP contribution < -0.4 is 10.9 Å². The van der Waals surface area contributed by atoms with Gasteiger partial charge in [0.1, 0.15) is 0 Å². The van der Waals surface area contributed by atoms with E-state index in [4.69, 9.17) is 16.6 Å². The molecule has 0 aliphatic heterocycles. The molecule has 1 N–H and O–H groups in total. The van der Waals surface area contributed by atoms with Gasteiger partial charge in [-0.1, -0.05) is 73.0 Å². The van der Waals surface area contributed by atoms with Crippen LogP contribution in [0.2, 0.25) is 5.02 Å². The summed E-state index contributed by atoms with van der Waals surface area (Å²) in [6.45, 7) is 0.306. The molecule has 1 aromatic heterocycles. The molecule has 162 valence electrons. The van der Waals surface area contributed by atoms with E-state index in [0.717, 1.165) is 18.4 Å². The van der Waals surface area contributed by atoms with Gasteiger partial charge in [-0.25, -0.2) is 4.98 Å². The van der Waals surface area contributed by atoms with Gasteiger partial charge in [-0.3, -0.25) is 14.2 Å². The first-order valence-electron chi connectivity index (χ1n) is 10.8. The lowest BCUT2D eigenvalue weighted by Crippen LogP contribution is -2.37. The van der Waals surface area contributed by atoms with Gasteiger partial charge < -0.3 is 5.32 Å². The first-order valence-corrected chi connectivity index (χ1v) is 12.1. The third-order valence-corrected chi connectivity index (χ3v) is 7.07. The molecular weight excluding hydrogens is 430 g/mol. The molecule has 0 saturated heterocycles. The second kappa shape index (κ2) is 10.3. The zero-order valence-electron chi connectivity index (χ0n) is 17.4. The number of para-hydroxylation sites is 1. The first kappa shape index (κ1) is 21.9. The van der Waals surface area contributed by atoms with Crippen LogP contribution in [0.15, 0.2) is 58.5 Å². The zero-order chi connectivity index (χ0) is 21.6. The number of halogens is 1. The van der Waals surface area contributed by atoms with Gasteiger partial charge in [0, 0.05) is 29.8 Å². The quantitative estimate of drug-likeness (QED) is 0.393.